The molecule has 94 valence electrons. The fourth-order valence-corrected chi connectivity index (χ4v) is 1.90. The summed E-state index contributed by atoms with van der Waals surface area (Å²) in [7, 11) is 1.80. The molecular formula is C12H20N4O. The van der Waals surface area contributed by atoms with Crippen LogP contribution in [0.4, 0.5) is 0 Å². The van der Waals surface area contributed by atoms with Gasteiger partial charge in [0.1, 0.15) is 5.69 Å². The molecule has 0 aromatic carbocycles. The first-order valence-corrected chi connectivity index (χ1v) is 6.11. The molecule has 0 saturated heterocycles. The van der Waals surface area contributed by atoms with Gasteiger partial charge in [0, 0.05) is 19.0 Å². The second-order valence-electron chi connectivity index (χ2n) is 4.88. The van der Waals surface area contributed by atoms with Crippen molar-refractivity contribution < 1.29 is 4.79 Å². The molecule has 1 aliphatic rings. The molecule has 1 aromatic rings. The number of rotatable bonds is 5. The van der Waals surface area contributed by atoms with Crippen molar-refractivity contribution in [1.29, 1.82) is 0 Å². The Labute approximate surface area is 101 Å². The first-order chi connectivity index (χ1) is 8.10. The highest BCUT2D eigenvalue weighted by molar-refractivity contribution is 5.92. The first-order valence-electron chi connectivity index (χ1n) is 6.11. The van der Waals surface area contributed by atoms with Crippen molar-refractivity contribution in [1.82, 2.24) is 15.1 Å². The Morgan fingerprint density at radius 3 is 2.82 bits per heavy atom. The summed E-state index contributed by atoms with van der Waals surface area (Å²) < 4.78 is 1.64. The van der Waals surface area contributed by atoms with Gasteiger partial charge in [-0.25, -0.2) is 0 Å². The number of hydrogen-bond acceptors (Lipinski definition) is 3. The lowest BCUT2D eigenvalue weighted by Crippen LogP contribution is -2.34. The maximum atomic E-state index is 12.0. The lowest BCUT2D eigenvalue weighted by atomic mass is 10.1. The van der Waals surface area contributed by atoms with E-state index in [2.05, 4.69) is 10.4 Å². The number of nitrogens with zero attached hydrogens (tertiary/aromatic N) is 2. The number of carbonyl (C=O) groups excluding carboxylic acids is 1. The molecule has 1 saturated carbocycles. The van der Waals surface area contributed by atoms with E-state index < -0.39 is 0 Å². The van der Waals surface area contributed by atoms with Crippen LogP contribution in [0, 0.1) is 5.41 Å². The SMILES string of the molecule is CCc1cc(C(=O)NCC2(CN)CC2)n(C)n1. The van der Waals surface area contributed by atoms with Crippen molar-refractivity contribution in [3.8, 4) is 0 Å². The molecule has 0 aliphatic heterocycles. The van der Waals surface area contributed by atoms with Crippen molar-refractivity contribution in [2.24, 2.45) is 18.2 Å². The quantitative estimate of drug-likeness (QED) is 0.779. The summed E-state index contributed by atoms with van der Waals surface area (Å²) in [5, 5.41) is 7.21. The van der Waals surface area contributed by atoms with Gasteiger partial charge in [-0.3, -0.25) is 9.48 Å². The normalized spacial score (nSPS) is 16.9. The average Bonchev–Trinajstić information content (AvgIpc) is 3.03. The number of amides is 1. The molecule has 5 heteroatoms. The summed E-state index contributed by atoms with van der Waals surface area (Å²) in [6, 6.07) is 1.84. The Morgan fingerprint density at radius 2 is 2.35 bits per heavy atom. The minimum atomic E-state index is -0.0561. The summed E-state index contributed by atoms with van der Waals surface area (Å²) in [6.45, 7) is 3.35. The summed E-state index contributed by atoms with van der Waals surface area (Å²) in [6.07, 6.45) is 3.08. The molecule has 17 heavy (non-hydrogen) atoms. The van der Waals surface area contributed by atoms with Gasteiger partial charge in [0.05, 0.1) is 5.69 Å². The van der Waals surface area contributed by atoms with Gasteiger partial charge >= 0.3 is 0 Å². The van der Waals surface area contributed by atoms with E-state index in [0.717, 1.165) is 25.0 Å². The molecule has 0 radical (unpaired) electrons. The number of carbonyl (C=O) groups is 1. The highest BCUT2D eigenvalue weighted by Gasteiger charge is 2.41. The summed E-state index contributed by atoms with van der Waals surface area (Å²) in [5.74, 6) is -0.0561. The van der Waals surface area contributed by atoms with E-state index in [0.29, 0.717) is 18.8 Å². The lowest BCUT2D eigenvalue weighted by molar-refractivity contribution is 0.0936. The third-order valence-corrected chi connectivity index (χ3v) is 3.54. The van der Waals surface area contributed by atoms with E-state index in [9.17, 15) is 4.79 Å². The second kappa shape index (κ2) is 4.49. The zero-order valence-electron chi connectivity index (χ0n) is 10.5. The average molecular weight is 236 g/mol. The van der Waals surface area contributed by atoms with Gasteiger partial charge < -0.3 is 11.1 Å². The van der Waals surface area contributed by atoms with Crippen LogP contribution in [0.3, 0.4) is 0 Å². The van der Waals surface area contributed by atoms with Crippen LogP contribution in [0.2, 0.25) is 0 Å². The van der Waals surface area contributed by atoms with Crippen molar-refractivity contribution in [3.05, 3.63) is 17.5 Å². The van der Waals surface area contributed by atoms with Crippen LogP contribution in [0.1, 0.15) is 35.9 Å². The van der Waals surface area contributed by atoms with E-state index in [1.54, 1.807) is 11.7 Å². The molecule has 3 N–H and O–H groups in total. The van der Waals surface area contributed by atoms with Crippen LogP contribution in [-0.4, -0.2) is 28.8 Å². The molecule has 1 aliphatic carbocycles. The molecule has 5 nitrogen and oxygen atoms in total. The van der Waals surface area contributed by atoms with Crippen LogP contribution in [0.15, 0.2) is 6.07 Å². The van der Waals surface area contributed by atoms with Crippen molar-refractivity contribution in [2.45, 2.75) is 26.2 Å². The Hall–Kier alpha value is -1.36. The standard InChI is InChI=1S/C12H20N4O/c1-3-9-6-10(16(2)15-9)11(17)14-8-12(7-13)4-5-12/h6H,3-5,7-8,13H2,1-2H3,(H,14,17). The third kappa shape index (κ3) is 2.49. The summed E-state index contributed by atoms with van der Waals surface area (Å²) in [5.41, 5.74) is 7.41. The molecule has 1 aromatic heterocycles. The largest absolute Gasteiger partial charge is 0.350 e. The van der Waals surface area contributed by atoms with Gasteiger partial charge in [0.2, 0.25) is 0 Å². The van der Waals surface area contributed by atoms with E-state index >= 15 is 0 Å². The molecule has 0 atom stereocenters. The van der Waals surface area contributed by atoms with Gasteiger partial charge in [-0.2, -0.15) is 5.10 Å². The summed E-state index contributed by atoms with van der Waals surface area (Å²) in [4.78, 5) is 12.0. The van der Waals surface area contributed by atoms with Crippen molar-refractivity contribution in [3.63, 3.8) is 0 Å². The number of nitrogens with two attached hydrogens (primary N) is 1. The maximum Gasteiger partial charge on any atom is 0.269 e. The number of aryl methyl sites for hydroxylation is 2. The van der Waals surface area contributed by atoms with Crippen LogP contribution in [0.5, 0.6) is 0 Å². The monoisotopic (exact) mass is 236 g/mol. The Kier molecular flexibility index (Phi) is 3.19. The number of hydrogen-bond donors (Lipinski definition) is 2. The number of aromatic nitrogens is 2. The Balaban J connectivity index is 1.97. The fraction of sp³-hybridized carbons (Fsp3) is 0.667. The molecule has 2 rings (SSSR count). The van der Waals surface area contributed by atoms with E-state index in [1.807, 2.05) is 13.0 Å². The van der Waals surface area contributed by atoms with E-state index in [4.69, 9.17) is 5.73 Å². The number of nitrogens with one attached hydrogen (secondary N) is 1. The zero-order chi connectivity index (χ0) is 12.5. The molecule has 1 amide bonds. The zero-order valence-corrected chi connectivity index (χ0v) is 10.5. The Morgan fingerprint density at radius 1 is 1.65 bits per heavy atom. The predicted octanol–water partition coefficient (Wildman–Crippen LogP) is 0.451. The Bertz CT molecular complexity index is 420. The lowest BCUT2D eigenvalue weighted by Gasteiger charge is -2.13. The van der Waals surface area contributed by atoms with Crippen molar-refractivity contribution >= 4 is 5.91 Å². The van der Waals surface area contributed by atoms with E-state index in [1.165, 1.54) is 0 Å². The highest BCUT2D eigenvalue weighted by Crippen LogP contribution is 2.43. The predicted molar refractivity (Wildman–Crippen MR) is 65.6 cm³/mol. The van der Waals surface area contributed by atoms with E-state index in [-0.39, 0.29) is 11.3 Å². The smallest absolute Gasteiger partial charge is 0.269 e. The molecule has 0 bridgehead atoms. The molecular weight excluding hydrogens is 216 g/mol. The fourth-order valence-electron chi connectivity index (χ4n) is 1.90. The van der Waals surface area contributed by atoms with Crippen LogP contribution < -0.4 is 11.1 Å². The highest BCUT2D eigenvalue weighted by atomic mass is 16.2. The third-order valence-electron chi connectivity index (χ3n) is 3.54. The van der Waals surface area contributed by atoms with Crippen LogP contribution in [0.25, 0.3) is 0 Å². The minimum Gasteiger partial charge on any atom is -0.350 e. The first kappa shape index (κ1) is 12.1. The van der Waals surface area contributed by atoms with Gasteiger partial charge in [-0.1, -0.05) is 6.92 Å². The van der Waals surface area contributed by atoms with Gasteiger partial charge in [0.15, 0.2) is 0 Å². The topological polar surface area (TPSA) is 72.9 Å². The maximum absolute atomic E-state index is 12.0. The van der Waals surface area contributed by atoms with Crippen LogP contribution in [-0.2, 0) is 13.5 Å². The molecule has 1 fully saturated rings. The molecule has 0 spiro atoms. The minimum absolute atomic E-state index is 0.0561. The molecule has 1 heterocycles. The van der Waals surface area contributed by atoms with Crippen LogP contribution >= 0.6 is 0 Å². The van der Waals surface area contributed by atoms with Crippen molar-refractivity contribution in [2.75, 3.05) is 13.1 Å². The van der Waals surface area contributed by atoms with Gasteiger partial charge in [-0.15, -0.1) is 0 Å². The summed E-state index contributed by atoms with van der Waals surface area (Å²) >= 11 is 0. The molecule has 0 unspecified atom stereocenters. The van der Waals surface area contributed by atoms with Gasteiger partial charge in [0.25, 0.3) is 5.91 Å². The van der Waals surface area contributed by atoms with Gasteiger partial charge in [-0.05, 0) is 31.9 Å². The second-order valence-corrected chi connectivity index (χ2v) is 4.88.